The molecule has 0 saturated heterocycles. The SMILES string of the molecule is N#Cc1n[nH]nc1-c1cc(C(F)(F)F)ccc1-c1ccsc1. The molecule has 1 aromatic carbocycles. The molecule has 3 rings (SSSR count). The number of halogens is 3. The number of thiophene rings is 1. The zero-order chi connectivity index (χ0) is 15.7. The monoisotopic (exact) mass is 320 g/mol. The number of aromatic amines is 1. The molecule has 1 N–H and O–H groups in total. The van der Waals surface area contributed by atoms with Crippen LogP contribution in [0.5, 0.6) is 0 Å². The van der Waals surface area contributed by atoms with Crippen LogP contribution in [0.15, 0.2) is 35.0 Å². The molecule has 0 unspecified atom stereocenters. The first-order chi connectivity index (χ1) is 10.5. The third-order valence-electron chi connectivity index (χ3n) is 3.09. The quantitative estimate of drug-likeness (QED) is 0.773. The number of hydrogen-bond acceptors (Lipinski definition) is 4. The lowest BCUT2D eigenvalue weighted by atomic mass is 9.96. The van der Waals surface area contributed by atoms with Crippen molar-refractivity contribution in [1.29, 1.82) is 5.26 Å². The second-order valence-corrected chi connectivity index (χ2v) is 5.18. The summed E-state index contributed by atoms with van der Waals surface area (Å²) in [4.78, 5) is 0. The summed E-state index contributed by atoms with van der Waals surface area (Å²) < 4.78 is 38.9. The Morgan fingerprint density at radius 1 is 1.14 bits per heavy atom. The van der Waals surface area contributed by atoms with Gasteiger partial charge in [-0.25, -0.2) is 0 Å². The number of nitrogens with one attached hydrogen (secondary N) is 1. The second-order valence-electron chi connectivity index (χ2n) is 4.40. The Morgan fingerprint density at radius 2 is 1.95 bits per heavy atom. The van der Waals surface area contributed by atoms with Crippen LogP contribution in [0.3, 0.4) is 0 Å². The van der Waals surface area contributed by atoms with Crippen LogP contribution in [0.2, 0.25) is 0 Å². The first-order valence-corrected chi connectivity index (χ1v) is 7.00. The van der Waals surface area contributed by atoms with Gasteiger partial charge in [0.1, 0.15) is 11.8 Å². The van der Waals surface area contributed by atoms with E-state index in [1.54, 1.807) is 6.07 Å². The van der Waals surface area contributed by atoms with Gasteiger partial charge in [-0.2, -0.15) is 40.1 Å². The molecule has 2 aromatic heterocycles. The number of aromatic nitrogens is 3. The van der Waals surface area contributed by atoms with Gasteiger partial charge in [-0.3, -0.25) is 0 Å². The number of benzene rings is 1. The maximum absolute atomic E-state index is 13.0. The molecular weight excluding hydrogens is 313 g/mol. The van der Waals surface area contributed by atoms with E-state index in [2.05, 4.69) is 15.4 Å². The lowest BCUT2D eigenvalue weighted by Crippen LogP contribution is -2.05. The molecule has 0 amide bonds. The van der Waals surface area contributed by atoms with Crippen molar-refractivity contribution in [2.75, 3.05) is 0 Å². The largest absolute Gasteiger partial charge is 0.416 e. The highest BCUT2D eigenvalue weighted by Crippen LogP contribution is 2.38. The van der Waals surface area contributed by atoms with Crippen molar-refractivity contribution >= 4 is 11.3 Å². The third kappa shape index (κ3) is 2.46. The van der Waals surface area contributed by atoms with Gasteiger partial charge >= 0.3 is 6.18 Å². The average Bonchev–Trinajstić information content (AvgIpc) is 3.16. The van der Waals surface area contributed by atoms with Crippen molar-refractivity contribution in [2.24, 2.45) is 0 Å². The summed E-state index contributed by atoms with van der Waals surface area (Å²) in [7, 11) is 0. The Balaban J connectivity index is 2.27. The van der Waals surface area contributed by atoms with Gasteiger partial charge < -0.3 is 0 Å². The molecule has 0 bridgehead atoms. The predicted octanol–water partition coefficient (Wildman–Crippen LogP) is 4.09. The maximum Gasteiger partial charge on any atom is 0.416 e. The molecule has 0 aliphatic heterocycles. The van der Waals surface area contributed by atoms with Crippen LogP contribution in [0, 0.1) is 11.3 Å². The van der Waals surface area contributed by atoms with E-state index in [0.29, 0.717) is 5.56 Å². The van der Waals surface area contributed by atoms with Crippen molar-refractivity contribution < 1.29 is 13.2 Å². The summed E-state index contributed by atoms with van der Waals surface area (Å²) >= 11 is 1.43. The Bertz CT molecular complexity index is 844. The predicted molar refractivity (Wildman–Crippen MR) is 74.8 cm³/mol. The van der Waals surface area contributed by atoms with Crippen LogP contribution in [0.4, 0.5) is 13.2 Å². The zero-order valence-corrected chi connectivity index (χ0v) is 11.7. The van der Waals surface area contributed by atoms with Crippen LogP contribution in [0.1, 0.15) is 11.3 Å². The van der Waals surface area contributed by atoms with E-state index in [0.717, 1.165) is 17.7 Å². The minimum Gasteiger partial charge on any atom is -0.196 e. The minimum absolute atomic E-state index is 0.0456. The Hall–Kier alpha value is -2.66. The highest BCUT2D eigenvalue weighted by molar-refractivity contribution is 7.08. The second kappa shape index (κ2) is 5.27. The summed E-state index contributed by atoms with van der Waals surface area (Å²) in [6.07, 6.45) is -4.47. The molecule has 4 nitrogen and oxygen atoms in total. The van der Waals surface area contributed by atoms with Crippen LogP contribution in [-0.4, -0.2) is 15.4 Å². The van der Waals surface area contributed by atoms with Gasteiger partial charge in [-0.1, -0.05) is 6.07 Å². The Kier molecular flexibility index (Phi) is 3.42. The highest BCUT2D eigenvalue weighted by atomic mass is 32.1. The summed E-state index contributed by atoms with van der Waals surface area (Å²) in [6, 6.07) is 7.01. The van der Waals surface area contributed by atoms with E-state index in [1.165, 1.54) is 17.4 Å². The van der Waals surface area contributed by atoms with Crippen LogP contribution in [0.25, 0.3) is 22.4 Å². The molecule has 22 heavy (non-hydrogen) atoms. The van der Waals surface area contributed by atoms with E-state index >= 15 is 0 Å². The molecule has 2 heterocycles. The number of alkyl halides is 3. The Morgan fingerprint density at radius 3 is 2.59 bits per heavy atom. The van der Waals surface area contributed by atoms with Crippen LogP contribution < -0.4 is 0 Å². The van der Waals surface area contributed by atoms with Gasteiger partial charge in [0.15, 0.2) is 5.69 Å². The van der Waals surface area contributed by atoms with Gasteiger partial charge in [0, 0.05) is 5.56 Å². The molecule has 0 aliphatic rings. The fourth-order valence-electron chi connectivity index (χ4n) is 2.08. The number of hydrogen-bond donors (Lipinski definition) is 1. The number of H-pyrrole nitrogens is 1. The minimum atomic E-state index is -4.47. The lowest BCUT2D eigenvalue weighted by molar-refractivity contribution is -0.137. The standard InChI is InChI=1S/C14H7F3N4S/c15-14(16,17)9-1-2-10(8-3-4-22-7-8)11(5-9)13-12(6-18)19-21-20-13/h1-5,7H,(H,19,20,21). The average molecular weight is 320 g/mol. The van der Waals surface area contributed by atoms with Crippen molar-refractivity contribution in [3.63, 3.8) is 0 Å². The summed E-state index contributed by atoms with van der Waals surface area (Å²) in [5.74, 6) is 0. The first-order valence-electron chi connectivity index (χ1n) is 6.06. The normalized spacial score (nSPS) is 11.4. The molecule has 0 spiro atoms. The van der Waals surface area contributed by atoms with Gasteiger partial charge in [-0.05, 0) is 40.1 Å². The topological polar surface area (TPSA) is 65.4 Å². The van der Waals surface area contributed by atoms with Crippen molar-refractivity contribution in [3.05, 3.63) is 46.3 Å². The molecule has 110 valence electrons. The van der Waals surface area contributed by atoms with Crippen LogP contribution >= 0.6 is 11.3 Å². The molecule has 8 heteroatoms. The smallest absolute Gasteiger partial charge is 0.196 e. The fourth-order valence-corrected chi connectivity index (χ4v) is 2.74. The van der Waals surface area contributed by atoms with Gasteiger partial charge in [0.25, 0.3) is 0 Å². The van der Waals surface area contributed by atoms with E-state index in [1.807, 2.05) is 16.8 Å². The first kappa shape index (κ1) is 14.3. The molecule has 0 atom stereocenters. The molecule has 3 aromatic rings. The lowest BCUT2D eigenvalue weighted by Gasteiger charge is -2.11. The number of nitrogens with zero attached hydrogens (tertiary/aromatic N) is 3. The van der Waals surface area contributed by atoms with Gasteiger partial charge in [0.05, 0.1) is 5.56 Å². The van der Waals surface area contributed by atoms with Crippen LogP contribution in [-0.2, 0) is 6.18 Å². The summed E-state index contributed by atoms with van der Waals surface area (Å²) in [6.45, 7) is 0. The van der Waals surface area contributed by atoms with E-state index in [4.69, 9.17) is 5.26 Å². The maximum atomic E-state index is 13.0. The van der Waals surface area contributed by atoms with Crippen molar-refractivity contribution in [3.8, 4) is 28.5 Å². The van der Waals surface area contributed by atoms with Gasteiger partial charge in [0.2, 0.25) is 0 Å². The molecular formula is C14H7F3N4S. The van der Waals surface area contributed by atoms with Gasteiger partial charge in [-0.15, -0.1) is 5.10 Å². The molecule has 0 radical (unpaired) electrons. The Labute approximate surface area is 126 Å². The molecule has 0 aliphatic carbocycles. The summed E-state index contributed by atoms with van der Waals surface area (Å²) in [5.41, 5.74) is 0.817. The van der Waals surface area contributed by atoms with E-state index < -0.39 is 11.7 Å². The fraction of sp³-hybridized carbons (Fsp3) is 0.0714. The highest BCUT2D eigenvalue weighted by Gasteiger charge is 2.32. The van der Waals surface area contributed by atoms with Crippen molar-refractivity contribution in [2.45, 2.75) is 6.18 Å². The number of nitriles is 1. The summed E-state index contributed by atoms with van der Waals surface area (Å²) in [5, 5.41) is 22.4. The third-order valence-corrected chi connectivity index (χ3v) is 3.77. The van der Waals surface area contributed by atoms with E-state index in [-0.39, 0.29) is 17.0 Å². The number of rotatable bonds is 2. The zero-order valence-electron chi connectivity index (χ0n) is 10.8. The van der Waals surface area contributed by atoms with Crippen molar-refractivity contribution in [1.82, 2.24) is 15.4 Å². The molecule has 0 fully saturated rings. The van der Waals surface area contributed by atoms with E-state index in [9.17, 15) is 13.2 Å². The molecule has 0 saturated carbocycles.